The van der Waals surface area contributed by atoms with Crippen LogP contribution in [0, 0.1) is 0 Å². The van der Waals surface area contributed by atoms with Crippen LogP contribution < -0.4 is 16.0 Å². The highest BCUT2D eigenvalue weighted by Gasteiger charge is 2.22. The minimum atomic E-state index is -0.347. The molecule has 2 heterocycles. The van der Waals surface area contributed by atoms with Gasteiger partial charge in [-0.15, -0.1) is 12.4 Å². The quantitative estimate of drug-likeness (QED) is 0.667. The Kier molecular flexibility index (Phi) is 5.82. The number of hydrogen-bond acceptors (Lipinski definition) is 4. The number of fused-ring (bicyclic) bond motifs is 1. The summed E-state index contributed by atoms with van der Waals surface area (Å²) < 4.78 is 0. The van der Waals surface area contributed by atoms with Crippen molar-refractivity contribution in [2.45, 2.75) is 19.9 Å². The summed E-state index contributed by atoms with van der Waals surface area (Å²) in [7, 11) is 0. The Labute approximate surface area is 149 Å². The van der Waals surface area contributed by atoms with E-state index in [0.717, 1.165) is 24.2 Å². The third-order valence-corrected chi connectivity index (χ3v) is 3.80. The van der Waals surface area contributed by atoms with Gasteiger partial charge in [-0.2, -0.15) is 5.10 Å². The van der Waals surface area contributed by atoms with E-state index in [1.54, 1.807) is 18.2 Å². The number of halogens is 2. The van der Waals surface area contributed by atoms with Crippen LogP contribution in [0.25, 0.3) is 0 Å². The van der Waals surface area contributed by atoms with Crippen LogP contribution in [0.2, 0.25) is 5.02 Å². The Morgan fingerprint density at radius 3 is 2.79 bits per heavy atom. The number of hydrogen-bond donors (Lipinski definition) is 4. The van der Waals surface area contributed by atoms with E-state index in [2.05, 4.69) is 26.1 Å². The maximum Gasteiger partial charge on any atom is 0.276 e. The first kappa shape index (κ1) is 18.3. The van der Waals surface area contributed by atoms with Crippen LogP contribution in [0.4, 0.5) is 11.4 Å². The van der Waals surface area contributed by atoms with Gasteiger partial charge in [0.1, 0.15) is 0 Å². The highest BCUT2D eigenvalue weighted by Crippen LogP contribution is 2.27. The number of nitrogens with one attached hydrogen (secondary N) is 4. The van der Waals surface area contributed by atoms with Gasteiger partial charge >= 0.3 is 0 Å². The summed E-state index contributed by atoms with van der Waals surface area (Å²) in [6, 6.07) is 4.87. The number of rotatable bonds is 3. The maximum absolute atomic E-state index is 12.5. The van der Waals surface area contributed by atoms with Crippen molar-refractivity contribution in [1.82, 2.24) is 15.5 Å². The van der Waals surface area contributed by atoms with Gasteiger partial charge < -0.3 is 16.0 Å². The molecular weight excluding hydrogens is 353 g/mol. The molecule has 1 aromatic carbocycles. The molecule has 24 heavy (non-hydrogen) atoms. The minimum absolute atomic E-state index is 0. The Morgan fingerprint density at radius 2 is 2.04 bits per heavy atom. The van der Waals surface area contributed by atoms with Crippen LogP contribution in [0.15, 0.2) is 18.2 Å². The normalized spacial score (nSPS) is 12.8. The number of anilines is 2. The number of H-pyrrole nitrogens is 1. The zero-order valence-corrected chi connectivity index (χ0v) is 14.5. The van der Waals surface area contributed by atoms with Crippen LogP contribution in [-0.2, 0) is 17.8 Å². The van der Waals surface area contributed by atoms with Crippen molar-refractivity contribution in [3.63, 3.8) is 0 Å². The van der Waals surface area contributed by atoms with E-state index in [1.807, 2.05) is 0 Å². The predicted molar refractivity (Wildman–Crippen MR) is 95.0 cm³/mol. The fourth-order valence-corrected chi connectivity index (χ4v) is 2.69. The number of carbonyl (C=O) groups excluding carboxylic acids is 2. The molecule has 0 unspecified atom stereocenters. The molecule has 0 spiro atoms. The van der Waals surface area contributed by atoms with Gasteiger partial charge in [-0.3, -0.25) is 14.7 Å². The third kappa shape index (κ3) is 3.87. The van der Waals surface area contributed by atoms with Crippen LogP contribution in [-0.4, -0.2) is 28.6 Å². The molecule has 2 aromatic rings. The van der Waals surface area contributed by atoms with Crippen molar-refractivity contribution in [1.29, 1.82) is 0 Å². The molecule has 0 atom stereocenters. The molecule has 0 aliphatic carbocycles. The first-order valence-electron chi connectivity index (χ1n) is 7.20. The van der Waals surface area contributed by atoms with E-state index in [-0.39, 0.29) is 24.2 Å². The molecule has 7 nitrogen and oxygen atoms in total. The van der Waals surface area contributed by atoms with E-state index in [0.29, 0.717) is 28.6 Å². The van der Waals surface area contributed by atoms with Crippen molar-refractivity contribution >= 4 is 47.2 Å². The van der Waals surface area contributed by atoms with Crippen LogP contribution in [0.1, 0.15) is 28.7 Å². The number of carbonyl (C=O) groups is 2. The molecular formula is C15H17Cl2N5O2. The van der Waals surface area contributed by atoms with Gasteiger partial charge in [-0.05, 0) is 18.2 Å². The lowest BCUT2D eigenvalue weighted by molar-refractivity contribution is -0.114. The first-order chi connectivity index (χ1) is 11.0. The van der Waals surface area contributed by atoms with Crippen molar-refractivity contribution in [3.8, 4) is 0 Å². The molecule has 4 N–H and O–H groups in total. The zero-order chi connectivity index (χ0) is 16.4. The number of amides is 2. The molecule has 0 saturated heterocycles. The lowest BCUT2D eigenvalue weighted by atomic mass is 10.1. The second kappa shape index (κ2) is 7.65. The van der Waals surface area contributed by atoms with E-state index >= 15 is 0 Å². The Bertz CT molecular complexity index is 775. The van der Waals surface area contributed by atoms with E-state index in [1.165, 1.54) is 6.92 Å². The van der Waals surface area contributed by atoms with E-state index < -0.39 is 0 Å². The van der Waals surface area contributed by atoms with Crippen molar-refractivity contribution in [3.05, 3.63) is 40.2 Å². The van der Waals surface area contributed by atoms with Crippen LogP contribution in [0.3, 0.4) is 0 Å². The van der Waals surface area contributed by atoms with E-state index in [9.17, 15) is 9.59 Å². The fourth-order valence-electron chi connectivity index (χ4n) is 2.51. The summed E-state index contributed by atoms with van der Waals surface area (Å²) in [4.78, 5) is 23.8. The van der Waals surface area contributed by atoms with Gasteiger partial charge in [0, 0.05) is 42.7 Å². The highest BCUT2D eigenvalue weighted by atomic mass is 35.5. The average molecular weight is 370 g/mol. The van der Waals surface area contributed by atoms with Gasteiger partial charge in [-0.1, -0.05) is 11.6 Å². The smallest absolute Gasteiger partial charge is 0.276 e. The lowest BCUT2D eigenvalue weighted by Gasteiger charge is -2.14. The third-order valence-electron chi connectivity index (χ3n) is 3.56. The fraction of sp³-hybridized carbons (Fsp3) is 0.267. The Morgan fingerprint density at radius 1 is 1.25 bits per heavy atom. The molecule has 128 valence electrons. The molecule has 0 radical (unpaired) electrons. The molecule has 0 saturated carbocycles. The van der Waals surface area contributed by atoms with Gasteiger partial charge in [-0.25, -0.2) is 0 Å². The summed E-state index contributed by atoms with van der Waals surface area (Å²) in [6.07, 6.45) is 0.809. The predicted octanol–water partition coefficient (Wildman–Crippen LogP) is 2.34. The molecule has 2 amide bonds. The first-order valence-corrected chi connectivity index (χ1v) is 7.57. The Hall–Kier alpha value is -2.09. The maximum atomic E-state index is 12.5. The zero-order valence-electron chi connectivity index (χ0n) is 12.9. The number of nitrogens with zero attached hydrogens (tertiary/aromatic N) is 1. The second-order valence-electron chi connectivity index (χ2n) is 5.28. The monoisotopic (exact) mass is 369 g/mol. The largest absolute Gasteiger partial charge is 0.325 e. The molecule has 1 aliphatic heterocycles. The summed E-state index contributed by atoms with van der Waals surface area (Å²) >= 11 is 5.98. The van der Waals surface area contributed by atoms with E-state index in [4.69, 9.17) is 11.6 Å². The van der Waals surface area contributed by atoms with Gasteiger partial charge in [0.25, 0.3) is 5.91 Å². The standard InChI is InChI=1S/C15H16ClN5O2.ClH/c1-8(22)18-12-3-2-9(16)6-13(12)19-15(23)14-10-7-17-5-4-11(10)20-21-14;/h2-3,6,17H,4-5,7H2,1H3,(H,18,22)(H,19,23)(H,20,21);1H. The summed E-state index contributed by atoms with van der Waals surface area (Å²) in [5.41, 5.74) is 3.11. The molecule has 1 aliphatic rings. The summed E-state index contributed by atoms with van der Waals surface area (Å²) in [5, 5.41) is 16.1. The lowest BCUT2D eigenvalue weighted by Crippen LogP contribution is -2.25. The average Bonchev–Trinajstić information content (AvgIpc) is 2.93. The van der Waals surface area contributed by atoms with Crippen LogP contribution >= 0.6 is 24.0 Å². The summed E-state index contributed by atoms with van der Waals surface area (Å²) in [5.74, 6) is -0.579. The number of aromatic nitrogens is 2. The highest BCUT2D eigenvalue weighted by molar-refractivity contribution is 6.31. The molecule has 9 heteroatoms. The number of benzene rings is 1. The van der Waals surface area contributed by atoms with Gasteiger partial charge in [0.05, 0.1) is 11.4 Å². The minimum Gasteiger partial charge on any atom is -0.325 e. The molecule has 3 rings (SSSR count). The van der Waals surface area contributed by atoms with Crippen molar-refractivity contribution in [2.75, 3.05) is 17.2 Å². The molecule has 0 bridgehead atoms. The summed E-state index contributed by atoms with van der Waals surface area (Å²) in [6.45, 7) is 2.86. The second-order valence-corrected chi connectivity index (χ2v) is 5.72. The van der Waals surface area contributed by atoms with Crippen molar-refractivity contribution < 1.29 is 9.59 Å². The van der Waals surface area contributed by atoms with Gasteiger partial charge in [0.2, 0.25) is 5.91 Å². The SMILES string of the molecule is CC(=O)Nc1ccc(Cl)cc1NC(=O)c1n[nH]c2c1CNCC2.Cl. The van der Waals surface area contributed by atoms with Crippen LogP contribution in [0.5, 0.6) is 0 Å². The molecule has 0 fully saturated rings. The molecule has 1 aromatic heterocycles. The topological polar surface area (TPSA) is 98.9 Å². The Balaban J connectivity index is 0.00000208. The number of aromatic amines is 1. The van der Waals surface area contributed by atoms with Crippen molar-refractivity contribution in [2.24, 2.45) is 0 Å². The van der Waals surface area contributed by atoms with Gasteiger partial charge in [0.15, 0.2) is 5.69 Å².